The molecule has 0 aliphatic carbocycles. The van der Waals surface area contributed by atoms with Crippen molar-refractivity contribution in [2.45, 2.75) is 4.90 Å². The molecule has 0 heterocycles. The highest BCUT2D eigenvalue weighted by Gasteiger charge is 2.20. The Kier molecular flexibility index (Phi) is 4.64. The summed E-state index contributed by atoms with van der Waals surface area (Å²) in [5.74, 6) is -4.63. The summed E-state index contributed by atoms with van der Waals surface area (Å²) in [5, 5.41) is 0. The standard InChI is InChI=1S/C12H6Br2F3NO2S/c13-6-1-2-11(8(14)3-6)21(19,20)18-7-4-9(15)12(17)10(16)5-7/h1-5,18H. The quantitative estimate of drug-likeness (QED) is 0.712. The van der Waals surface area contributed by atoms with Crippen molar-refractivity contribution in [3.05, 3.63) is 56.7 Å². The maximum atomic E-state index is 13.1. The van der Waals surface area contributed by atoms with Gasteiger partial charge in [-0.25, -0.2) is 21.6 Å². The Morgan fingerprint density at radius 3 is 2.05 bits per heavy atom. The highest BCUT2D eigenvalue weighted by molar-refractivity contribution is 9.11. The van der Waals surface area contributed by atoms with Crippen LogP contribution in [0.5, 0.6) is 0 Å². The fraction of sp³-hybridized carbons (Fsp3) is 0. The fourth-order valence-electron chi connectivity index (χ4n) is 1.52. The van der Waals surface area contributed by atoms with Crippen molar-refractivity contribution in [3.63, 3.8) is 0 Å². The van der Waals surface area contributed by atoms with Crippen molar-refractivity contribution in [2.75, 3.05) is 4.72 Å². The van der Waals surface area contributed by atoms with Gasteiger partial charge in [-0.2, -0.15) is 0 Å². The minimum atomic E-state index is -4.08. The predicted molar refractivity (Wildman–Crippen MR) is 79.0 cm³/mol. The molecule has 1 N–H and O–H groups in total. The van der Waals surface area contributed by atoms with Crippen LogP contribution in [0.15, 0.2) is 44.2 Å². The lowest BCUT2D eigenvalue weighted by Gasteiger charge is -2.10. The van der Waals surface area contributed by atoms with Crippen molar-refractivity contribution < 1.29 is 21.6 Å². The molecule has 112 valence electrons. The molecule has 9 heteroatoms. The lowest BCUT2D eigenvalue weighted by Crippen LogP contribution is -2.14. The first-order valence-electron chi connectivity index (χ1n) is 5.33. The van der Waals surface area contributed by atoms with Crippen LogP contribution in [0.4, 0.5) is 18.9 Å². The van der Waals surface area contributed by atoms with Crippen molar-refractivity contribution in [1.82, 2.24) is 0 Å². The third-order valence-electron chi connectivity index (χ3n) is 2.42. The smallest absolute Gasteiger partial charge is 0.263 e. The zero-order chi connectivity index (χ0) is 15.8. The Balaban J connectivity index is 2.42. The molecule has 2 aromatic rings. The van der Waals surface area contributed by atoms with Crippen LogP contribution in [0.2, 0.25) is 0 Å². The fourth-order valence-corrected chi connectivity index (χ4v) is 4.31. The van der Waals surface area contributed by atoms with E-state index in [-0.39, 0.29) is 9.37 Å². The Labute approximate surface area is 135 Å². The molecule has 0 atom stereocenters. The summed E-state index contributed by atoms with van der Waals surface area (Å²) in [6, 6.07) is 5.41. The van der Waals surface area contributed by atoms with Crippen LogP contribution >= 0.6 is 31.9 Å². The van der Waals surface area contributed by atoms with Crippen LogP contribution in [-0.4, -0.2) is 8.42 Å². The Morgan fingerprint density at radius 1 is 0.952 bits per heavy atom. The summed E-state index contributed by atoms with van der Waals surface area (Å²) in [6.45, 7) is 0. The highest BCUT2D eigenvalue weighted by Crippen LogP contribution is 2.28. The number of hydrogen-bond acceptors (Lipinski definition) is 2. The summed E-state index contributed by atoms with van der Waals surface area (Å²) in [5.41, 5.74) is -0.416. The van der Waals surface area contributed by atoms with Gasteiger partial charge < -0.3 is 0 Å². The molecule has 0 spiro atoms. The van der Waals surface area contributed by atoms with E-state index in [0.29, 0.717) is 16.6 Å². The Bertz CT molecular complexity index is 789. The average molecular weight is 445 g/mol. The van der Waals surface area contributed by atoms with Crippen LogP contribution < -0.4 is 4.72 Å². The van der Waals surface area contributed by atoms with E-state index in [1.165, 1.54) is 18.2 Å². The maximum absolute atomic E-state index is 13.1. The van der Waals surface area contributed by atoms with Gasteiger partial charge in [0.1, 0.15) is 4.90 Å². The third-order valence-corrected chi connectivity index (χ3v) is 5.27. The highest BCUT2D eigenvalue weighted by atomic mass is 79.9. The lowest BCUT2D eigenvalue weighted by molar-refractivity contribution is 0.448. The van der Waals surface area contributed by atoms with Crippen molar-refractivity contribution >= 4 is 47.6 Å². The second-order valence-corrected chi connectivity index (χ2v) is 7.35. The molecule has 0 bridgehead atoms. The van der Waals surface area contributed by atoms with Crippen LogP contribution in [0.25, 0.3) is 0 Å². The molecular formula is C12H6Br2F3NO2S. The monoisotopic (exact) mass is 443 g/mol. The van der Waals surface area contributed by atoms with Gasteiger partial charge in [0.15, 0.2) is 17.5 Å². The topological polar surface area (TPSA) is 46.2 Å². The van der Waals surface area contributed by atoms with E-state index >= 15 is 0 Å². The predicted octanol–water partition coefficient (Wildman–Crippen LogP) is 4.43. The van der Waals surface area contributed by atoms with Crippen LogP contribution in [0.1, 0.15) is 0 Å². The van der Waals surface area contributed by atoms with Crippen LogP contribution in [0.3, 0.4) is 0 Å². The summed E-state index contributed by atoms with van der Waals surface area (Å²) < 4.78 is 66.2. The summed E-state index contributed by atoms with van der Waals surface area (Å²) in [7, 11) is -4.08. The second kappa shape index (κ2) is 5.98. The zero-order valence-electron chi connectivity index (χ0n) is 10.0. The van der Waals surface area contributed by atoms with Crippen molar-refractivity contribution in [2.24, 2.45) is 0 Å². The SMILES string of the molecule is O=S(=O)(Nc1cc(F)c(F)c(F)c1)c1ccc(Br)cc1Br. The van der Waals surface area contributed by atoms with Gasteiger partial charge in [0, 0.05) is 21.1 Å². The number of benzene rings is 2. The van der Waals surface area contributed by atoms with E-state index in [1.807, 2.05) is 4.72 Å². The first-order chi connectivity index (χ1) is 9.70. The lowest BCUT2D eigenvalue weighted by atomic mass is 10.3. The van der Waals surface area contributed by atoms with Crippen molar-refractivity contribution in [3.8, 4) is 0 Å². The summed E-state index contributed by atoms with van der Waals surface area (Å²) >= 11 is 6.25. The van der Waals surface area contributed by atoms with E-state index in [9.17, 15) is 21.6 Å². The molecule has 2 aromatic carbocycles. The van der Waals surface area contributed by atoms with Crippen LogP contribution in [0, 0.1) is 17.5 Å². The number of nitrogens with one attached hydrogen (secondary N) is 1. The van der Waals surface area contributed by atoms with E-state index in [2.05, 4.69) is 31.9 Å². The van der Waals surface area contributed by atoms with Gasteiger partial charge in [-0.3, -0.25) is 4.72 Å². The molecule has 2 rings (SSSR count). The molecule has 0 aromatic heterocycles. The maximum Gasteiger partial charge on any atom is 0.263 e. The number of hydrogen-bond donors (Lipinski definition) is 1. The Morgan fingerprint density at radius 2 is 1.52 bits per heavy atom. The minimum Gasteiger partial charge on any atom is -0.279 e. The molecule has 0 saturated carbocycles. The van der Waals surface area contributed by atoms with Crippen LogP contribution in [-0.2, 0) is 10.0 Å². The summed E-state index contributed by atoms with van der Waals surface area (Å²) in [6.07, 6.45) is 0. The second-order valence-electron chi connectivity index (χ2n) is 3.93. The molecule has 0 unspecified atom stereocenters. The molecule has 0 aliphatic rings. The first-order valence-corrected chi connectivity index (χ1v) is 8.40. The average Bonchev–Trinajstić information content (AvgIpc) is 2.34. The van der Waals surface area contributed by atoms with E-state index in [0.717, 1.165) is 0 Å². The van der Waals surface area contributed by atoms with Gasteiger partial charge in [-0.1, -0.05) is 15.9 Å². The van der Waals surface area contributed by atoms with E-state index in [4.69, 9.17) is 0 Å². The van der Waals surface area contributed by atoms with Crippen molar-refractivity contribution in [1.29, 1.82) is 0 Å². The number of anilines is 1. The molecule has 0 fully saturated rings. The van der Waals surface area contributed by atoms with Gasteiger partial charge in [-0.15, -0.1) is 0 Å². The molecule has 0 aliphatic heterocycles. The molecule has 21 heavy (non-hydrogen) atoms. The molecule has 3 nitrogen and oxygen atoms in total. The van der Waals surface area contributed by atoms with Gasteiger partial charge in [0.25, 0.3) is 10.0 Å². The third kappa shape index (κ3) is 3.58. The molecule has 0 amide bonds. The number of sulfonamides is 1. The first kappa shape index (κ1) is 16.3. The molecular weight excluding hydrogens is 439 g/mol. The summed E-state index contributed by atoms with van der Waals surface area (Å²) in [4.78, 5) is -0.129. The number of halogens is 5. The van der Waals surface area contributed by atoms with Gasteiger partial charge in [-0.05, 0) is 34.1 Å². The van der Waals surface area contributed by atoms with E-state index in [1.54, 1.807) is 0 Å². The van der Waals surface area contributed by atoms with Gasteiger partial charge >= 0.3 is 0 Å². The molecule has 0 saturated heterocycles. The van der Waals surface area contributed by atoms with E-state index < -0.39 is 33.2 Å². The van der Waals surface area contributed by atoms with Gasteiger partial charge in [0.2, 0.25) is 0 Å². The van der Waals surface area contributed by atoms with Gasteiger partial charge in [0.05, 0.1) is 5.69 Å². The zero-order valence-corrected chi connectivity index (χ0v) is 14.0. The molecule has 0 radical (unpaired) electrons. The Hall–Kier alpha value is -1.06. The normalized spacial score (nSPS) is 11.5. The largest absolute Gasteiger partial charge is 0.279 e. The number of rotatable bonds is 3. The minimum absolute atomic E-state index is 0.129.